The molecule has 4 N–H and O–H groups in total. The van der Waals surface area contributed by atoms with Gasteiger partial charge in [-0.05, 0) is 18.2 Å². The highest BCUT2D eigenvalue weighted by atomic mass is 32.2. The van der Waals surface area contributed by atoms with Crippen LogP contribution in [0.4, 0.5) is 11.4 Å². The van der Waals surface area contributed by atoms with Crippen LogP contribution in [0.1, 0.15) is 0 Å². The Bertz CT molecular complexity index is 611. The number of anilines is 2. The van der Waals surface area contributed by atoms with E-state index in [2.05, 4.69) is 0 Å². The number of nitrogens with two attached hydrogens (primary N) is 2. The maximum Gasteiger partial charge on any atom is 0.238 e. The van der Waals surface area contributed by atoms with E-state index in [0.717, 1.165) is 0 Å². The minimum Gasteiger partial charge on any atom is -0.397 e. The average molecular weight is 265 g/mol. The van der Waals surface area contributed by atoms with Gasteiger partial charge in [-0.15, -0.1) is 0 Å². The number of sulfonamides is 1. The molecule has 0 aromatic heterocycles. The van der Waals surface area contributed by atoms with Crippen molar-refractivity contribution >= 4 is 21.4 Å². The van der Waals surface area contributed by atoms with Gasteiger partial charge < -0.3 is 10.6 Å². The van der Waals surface area contributed by atoms with Crippen molar-refractivity contribution in [3.63, 3.8) is 0 Å². The Morgan fingerprint density at radius 3 is 2.22 bits per heavy atom. The number of nitriles is 2. The van der Waals surface area contributed by atoms with Gasteiger partial charge >= 0.3 is 0 Å². The zero-order chi connectivity index (χ0) is 13.8. The summed E-state index contributed by atoms with van der Waals surface area (Å²) in [5.74, 6) is 0. The first kappa shape index (κ1) is 13.8. The van der Waals surface area contributed by atoms with Crippen LogP contribution in [0.3, 0.4) is 0 Å². The topological polar surface area (TPSA) is 137 Å². The van der Waals surface area contributed by atoms with E-state index in [1.165, 1.54) is 23.1 Å². The summed E-state index contributed by atoms with van der Waals surface area (Å²) < 4.78 is 22.4. The third-order valence-corrected chi connectivity index (χ3v) is 3.11. The highest BCUT2D eigenvalue weighted by Gasteiger charge is 2.14. The molecule has 18 heavy (non-hydrogen) atoms. The molecular weight excluding hydrogens is 254 g/mol. The van der Waals surface area contributed by atoms with E-state index < -0.39 is 10.0 Å². The zero-order valence-corrected chi connectivity index (χ0v) is 10.2. The summed E-state index contributed by atoms with van der Waals surface area (Å²) in [4.78, 5) is 1.25. The van der Waals surface area contributed by atoms with Gasteiger partial charge in [0.25, 0.3) is 0 Å². The van der Waals surface area contributed by atoms with Crippen LogP contribution in [0.25, 0.3) is 0 Å². The van der Waals surface area contributed by atoms with Gasteiger partial charge in [0.15, 0.2) is 0 Å². The lowest BCUT2D eigenvalue weighted by Crippen LogP contribution is -2.25. The maximum atomic E-state index is 11.2. The van der Waals surface area contributed by atoms with E-state index in [4.69, 9.17) is 21.4 Å². The molecule has 0 heterocycles. The van der Waals surface area contributed by atoms with Crippen LogP contribution in [0, 0.1) is 22.7 Å². The molecular formula is C10H11N5O2S. The molecule has 1 aromatic rings. The van der Waals surface area contributed by atoms with Gasteiger partial charge in [-0.1, -0.05) is 0 Å². The molecule has 0 saturated heterocycles. The average Bonchev–Trinajstić information content (AvgIpc) is 2.28. The minimum absolute atomic E-state index is 0.0775. The summed E-state index contributed by atoms with van der Waals surface area (Å²) in [5.41, 5.74) is 6.27. The lowest BCUT2D eigenvalue weighted by atomic mass is 10.2. The van der Waals surface area contributed by atoms with E-state index in [1.807, 2.05) is 12.1 Å². The first-order valence-corrected chi connectivity index (χ1v) is 6.36. The van der Waals surface area contributed by atoms with Crippen LogP contribution < -0.4 is 15.8 Å². The predicted molar refractivity (Wildman–Crippen MR) is 65.7 cm³/mol. The number of primary sulfonamides is 1. The monoisotopic (exact) mass is 265 g/mol. The summed E-state index contributed by atoms with van der Waals surface area (Å²) in [6.45, 7) is -0.155. The molecule has 0 aliphatic carbocycles. The Kier molecular flexibility index (Phi) is 4.10. The molecule has 0 aliphatic heterocycles. The highest BCUT2D eigenvalue weighted by molar-refractivity contribution is 7.89. The van der Waals surface area contributed by atoms with E-state index in [1.54, 1.807) is 0 Å². The van der Waals surface area contributed by atoms with Crippen LogP contribution in [-0.2, 0) is 10.0 Å². The largest absolute Gasteiger partial charge is 0.397 e. The van der Waals surface area contributed by atoms with E-state index in [0.29, 0.717) is 5.69 Å². The molecule has 0 bridgehead atoms. The molecule has 1 rings (SSSR count). The van der Waals surface area contributed by atoms with Gasteiger partial charge in [0.1, 0.15) is 13.1 Å². The van der Waals surface area contributed by atoms with E-state index >= 15 is 0 Å². The Hall–Kier alpha value is -2.29. The summed E-state index contributed by atoms with van der Waals surface area (Å²) in [6, 6.07) is 7.64. The molecule has 0 fully saturated rings. The Balaban J connectivity index is 3.30. The van der Waals surface area contributed by atoms with E-state index in [9.17, 15) is 8.42 Å². The van der Waals surface area contributed by atoms with Crippen LogP contribution in [0.2, 0.25) is 0 Å². The van der Waals surface area contributed by atoms with Crippen molar-refractivity contribution in [1.82, 2.24) is 0 Å². The number of hydrogen-bond acceptors (Lipinski definition) is 6. The summed E-state index contributed by atoms with van der Waals surface area (Å²) in [6.07, 6.45) is 0. The summed E-state index contributed by atoms with van der Waals surface area (Å²) >= 11 is 0. The zero-order valence-electron chi connectivity index (χ0n) is 9.37. The molecule has 0 spiro atoms. The molecule has 94 valence electrons. The van der Waals surface area contributed by atoms with Crippen molar-refractivity contribution in [1.29, 1.82) is 10.5 Å². The standard InChI is InChI=1S/C10H11N5O2S/c11-3-5-15(6-4-12)10-7-8(18(14,16)17)1-2-9(10)13/h1-2,7H,5-6,13H2,(H2,14,16,17). The smallest absolute Gasteiger partial charge is 0.238 e. The lowest BCUT2D eigenvalue weighted by molar-refractivity contribution is 0.598. The molecule has 0 aliphatic rings. The number of nitrogen functional groups attached to an aromatic ring is 1. The molecule has 0 saturated carbocycles. The molecule has 0 unspecified atom stereocenters. The molecule has 0 radical (unpaired) electrons. The third kappa shape index (κ3) is 3.10. The number of hydrogen-bond donors (Lipinski definition) is 2. The fourth-order valence-corrected chi connectivity index (χ4v) is 1.90. The Labute approximate surface area is 105 Å². The van der Waals surface area contributed by atoms with Crippen LogP contribution in [0.5, 0.6) is 0 Å². The molecule has 1 aromatic carbocycles. The van der Waals surface area contributed by atoms with Gasteiger partial charge in [-0.2, -0.15) is 10.5 Å². The summed E-state index contributed by atoms with van der Waals surface area (Å²) in [5, 5.41) is 22.3. The second-order valence-electron chi connectivity index (χ2n) is 3.44. The molecule has 8 heteroatoms. The Morgan fingerprint density at radius 2 is 1.78 bits per heavy atom. The second kappa shape index (κ2) is 5.36. The maximum absolute atomic E-state index is 11.2. The van der Waals surface area contributed by atoms with Crippen LogP contribution in [-0.4, -0.2) is 21.5 Å². The van der Waals surface area contributed by atoms with Gasteiger partial charge in [-0.25, -0.2) is 13.6 Å². The highest BCUT2D eigenvalue weighted by Crippen LogP contribution is 2.25. The van der Waals surface area contributed by atoms with Gasteiger partial charge in [0.2, 0.25) is 10.0 Å². The number of rotatable bonds is 4. The Morgan fingerprint density at radius 1 is 1.22 bits per heavy atom. The van der Waals surface area contributed by atoms with Crippen molar-refractivity contribution in [3.8, 4) is 12.1 Å². The quantitative estimate of drug-likeness (QED) is 0.569. The van der Waals surface area contributed by atoms with Crippen molar-refractivity contribution in [3.05, 3.63) is 18.2 Å². The normalized spacial score (nSPS) is 10.4. The molecule has 7 nitrogen and oxygen atoms in total. The van der Waals surface area contributed by atoms with Crippen LogP contribution in [0.15, 0.2) is 23.1 Å². The van der Waals surface area contributed by atoms with Crippen molar-refractivity contribution in [2.45, 2.75) is 4.90 Å². The van der Waals surface area contributed by atoms with Crippen LogP contribution >= 0.6 is 0 Å². The van der Waals surface area contributed by atoms with E-state index in [-0.39, 0.29) is 23.7 Å². The van der Waals surface area contributed by atoms with Gasteiger partial charge in [-0.3, -0.25) is 0 Å². The molecule has 0 amide bonds. The van der Waals surface area contributed by atoms with Crippen molar-refractivity contribution < 1.29 is 8.42 Å². The number of nitrogens with zero attached hydrogens (tertiary/aromatic N) is 3. The molecule has 0 atom stereocenters. The van der Waals surface area contributed by atoms with Gasteiger partial charge in [0.05, 0.1) is 28.4 Å². The summed E-state index contributed by atoms with van der Waals surface area (Å²) in [7, 11) is -3.85. The lowest BCUT2D eigenvalue weighted by Gasteiger charge is -2.20. The van der Waals surface area contributed by atoms with Crippen molar-refractivity contribution in [2.75, 3.05) is 23.7 Å². The first-order chi connectivity index (χ1) is 8.40. The van der Waals surface area contributed by atoms with Gasteiger partial charge in [0, 0.05) is 0 Å². The number of benzene rings is 1. The SMILES string of the molecule is N#CCN(CC#N)c1cc(S(N)(=O)=O)ccc1N. The predicted octanol–water partition coefficient (Wildman–Crippen LogP) is -0.230. The first-order valence-electron chi connectivity index (χ1n) is 4.81. The third-order valence-electron chi connectivity index (χ3n) is 2.19. The fourth-order valence-electron chi connectivity index (χ4n) is 1.37. The van der Waals surface area contributed by atoms with Crippen molar-refractivity contribution in [2.24, 2.45) is 5.14 Å². The fraction of sp³-hybridized carbons (Fsp3) is 0.200. The minimum atomic E-state index is -3.85. The second-order valence-corrected chi connectivity index (χ2v) is 5.00.